The van der Waals surface area contributed by atoms with Gasteiger partial charge in [-0.15, -0.1) is 0 Å². The van der Waals surface area contributed by atoms with E-state index in [0.717, 1.165) is 6.07 Å². The van der Waals surface area contributed by atoms with Crippen molar-refractivity contribution in [3.05, 3.63) is 35.1 Å². The third-order valence-electron chi connectivity index (χ3n) is 1.67. The molecular weight excluding hydrogens is 199 g/mol. The maximum Gasteiger partial charge on any atom is 0.307 e. The summed E-state index contributed by atoms with van der Waals surface area (Å²) < 4.78 is 13.2. The minimum Gasteiger partial charge on any atom is -0.481 e. The molecule has 0 aliphatic heterocycles. The van der Waals surface area contributed by atoms with Gasteiger partial charge in [-0.1, -0.05) is 12.0 Å². The molecule has 76 valence electrons. The molecule has 4 heteroatoms. The summed E-state index contributed by atoms with van der Waals surface area (Å²) in [6, 6.07) is 3.92. The highest BCUT2D eigenvalue weighted by atomic mass is 19.1. The summed E-state index contributed by atoms with van der Waals surface area (Å²) in [6.07, 6.45) is 0.0380. The van der Waals surface area contributed by atoms with Crippen molar-refractivity contribution in [2.75, 3.05) is 0 Å². The van der Waals surface area contributed by atoms with Crippen molar-refractivity contribution >= 4 is 12.3 Å². The molecule has 0 aliphatic rings. The van der Waals surface area contributed by atoms with Crippen LogP contribution in [0.5, 0.6) is 0 Å². The molecule has 0 aliphatic carbocycles. The monoisotopic (exact) mass is 206 g/mol. The van der Waals surface area contributed by atoms with E-state index in [1.165, 1.54) is 12.1 Å². The maximum absolute atomic E-state index is 13.2. The molecule has 1 aromatic rings. The molecule has 1 aromatic carbocycles. The number of halogens is 1. The third kappa shape index (κ3) is 3.24. The number of hydrogen-bond donors (Lipinski definition) is 1. The summed E-state index contributed by atoms with van der Waals surface area (Å²) in [6.45, 7) is 0. The molecule has 0 heterocycles. The van der Waals surface area contributed by atoms with Crippen LogP contribution in [0.15, 0.2) is 18.2 Å². The molecule has 0 bridgehead atoms. The minimum atomic E-state index is -1.10. The van der Waals surface area contributed by atoms with Crippen LogP contribution < -0.4 is 0 Å². The smallest absolute Gasteiger partial charge is 0.307 e. The summed E-state index contributed by atoms with van der Waals surface area (Å²) in [5.74, 6) is 2.82. The molecule has 0 fully saturated rings. The number of aldehydes is 1. The van der Waals surface area contributed by atoms with Gasteiger partial charge in [-0.2, -0.15) is 0 Å². The van der Waals surface area contributed by atoms with E-state index in [1.807, 2.05) is 0 Å². The van der Waals surface area contributed by atoms with Gasteiger partial charge < -0.3 is 5.11 Å². The van der Waals surface area contributed by atoms with E-state index in [-0.39, 0.29) is 12.0 Å². The van der Waals surface area contributed by atoms with Gasteiger partial charge in [0.15, 0.2) is 6.29 Å². The van der Waals surface area contributed by atoms with Crippen LogP contribution in [0.1, 0.15) is 11.1 Å². The van der Waals surface area contributed by atoms with Gasteiger partial charge in [-0.25, -0.2) is 4.39 Å². The van der Waals surface area contributed by atoms with Crippen molar-refractivity contribution in [1.82, 2.24) is 0 Å². The van der Waals surface area contributed by atoms with Crippen LogP contribution in [0.3, 0.4) is 0 Å². The first-order chi connectivity index (χ1) is 7.13. The number of carbonyl (C=O) groups is 2. The highest BCUT2D eigenvalue weighted by molar-refractivity contribution is 5.74. The van der Waals surface area contributed by atoms with Crippen LogP contribution in [-0.4, -0.2) is 17.4 Å². The number of rotatable bonds is 2. The molecule has 0 spiro atoms. The standard InChI is InChI=1S/C11H7FO3/c12-10-6-8(2-1-5-13)3-4-9(10)7-11(14)15/h3-6H,7H2,(H,14,15). The van der Waals surface area contributed by atoms with Crippen LogP contribution in [0.4, 0.5) is 4.39 Å². The number of carboxylic acids is 1. The van der Waals surface area contributed by atoms with E-state index >= 15 is 0 Å². The molecule has 3 nitrogen and oxygen atoms in total. The highest BCUT2D eigenvalue weighted by Crippen LogP contribution is 2.10. The van der Waals surface area contributed by atoms with Crippen molar-refractivity contribution in [2.24, 2.45) is 0 Å². The van der Waals surface area contributed by atoms with Crippen molar-refractivity contribution in [1.29, 1.82) is 0 Å². The second-order valence-corrected chi connectivity index (χ2v) is 2.76. The Labute approximate surface area is 85.5 Å². The Bertz CT molecular complexity index is 455. The van der Waals surface area contributed by atoms with Crippen LogP contribution in [0.2, 0.25) is 0 Å². The number of aliphatic carboxylic acids is 1. The van der Waals surface area contributed by atoms with E-state index < -0.39 is 11.8 Å². The Morgan fingerprint density at radius 1 is 1.53 bits per heavy atom. The van der Waals surface area contributed by atoms with E-state index in [2.05, 4.69) is 11.8 Å². The van der Waals surface area contributed by atoms with Gasteiger partial charge in [0.25, 0.3) is 0 Å². The molecule has 1 rings (SSSR count). The molecule has 0 atom stereocenters. The van der Waals surface area contributed by atoms with Gasteiger partial charge in [0.1, 0.15) is 5.82 Å². The molecule has 15 heavy (non-hydrogen) atoms. The quantitative estimate of drug-likeness (QED) is 0.580. The largest absolute Gasteiger partial charge is 0.481 e. The Balaban J connectivity index is 2.97. The predicted octanol–water partition coefficient (Wildman–Crippen LogP) is 1.00. The fourth-order valence-corrected chi connectivity index (χ4v) is 1.04. The fraction of sp³-hybridized carbons (Fsp3) is 0.0909. The summed E-state index contributed by atoms with van der Waals surface area (Å²) >= 11 is 0. The zero-order valence-corrected chi connectivity index (χ0v) is 7.66. The zero-order chi connectivity index (χ0) is 11.3. The lowest BCUT2D eigenvalue weighted by atomic mass is 10.1. The number of hydrogen-bond acceptors (Lipinski definition) is 2. The average Bonchev–Trinajstić information content (AvgIpc) is 2.18. The Morgan fingerprint density at radius 2 is 2.27 bits per heavy atom. The van der Waals surface area contributed by atoms with Gasteiger partial charge in [0.2, 0.25) is 0 Å². The first-order valence-electron chi connectivity index (χ1n) is 4.09. The second-order valence-electron chi connectivity index (χ2n) is 2.76. The summed E-state index contributed by atoms with van der Waals surface area (Å²) in [5.41, 5.74) is 0.438. The number of carboxylic acid groups (broad SMARTS) is 1. The lowest BCUT2D eigenvalue weighted by molar-refractivity contribution is -0.136. The Morgan fingerprint density at radius 3 is 2.80 bits per heavy atom. The molecule has 0 unspecified atom stereocenters. The number of carbonyl (C=O) groups excluding carboxylic acids is 1. The van der Waals surface area contributed by atoms with Crippen LogP contribution in [0.25, 0.3) is 0 Å². The van der Waals surface area contributed by atoms with Crippen molar-refractivity contribution < 1.29 is 19.1 Å². The molecule has 0 saturated carbocycles. The van der Waals surface area contributed by atoms with Crippen LogP contribution in [0, 0.1) is 17.7 Å². The van der Waals surface area contributed by atoms with Gasteiger partial charge in [0.05, 0.1) is 6.42 Å². The van der Waals surface area contributed by atoms with Crippen molar-refractivity contribution in [3.8, 4) is 11.8 Å². The highest BCUT2D eigenvalue weighted by Gasteiger charge is 2.06. The summed E-state index contributed by atoms with van der Waals surface area (Å²) in [7, 11) is 0. The molecule has 0 amide bonds. The number of benzene rings is 1. The van der Waals surface area contributed by atoms with Crippen molar-refractivity contribution in [2.45, 2.75) is 6.42 Å². The normalized spacial score (nSPS) is 8.87. The van der Waals surface area contributed by atoms with Crippen LogP contribution in [-0.2, 0) is 16.0 Å². The first kappa shape index (κ1) is 10.9. The molecule has 0 radical (unpaired) electrons. The maximum atomic E-state index is 13.2. The van der Waals surface area contributed by atoms with E-state index in [9.17, 15) is 14.0 Å². The van der Waals surface area contributed by atoms with Gasteiger partial charge in [-0.3, -0.25) is 9.59 Å². The van der Waals surface area contributed by atoms with E-state index in [1.54, 1.807) is 0 Å². The van der Waals surface area contributed by atoms with E-state index in [0.29, 0.717) is 11.8 Å². The topological polar surface area (TPSA) is 54.4 Å². The molecule has 0 aromatic heterocycles. The van der Waals surface area contributed by atoms with Gasteiger partial charge in [0, 0.05) is 5.56 Å². The SMILES string of the molecule is O=CC#Cc1ccc(CC(=O)O)c(F)c1. The second kappa shape index (κ2) is 4.91. The molecular formula is C11H7FO3. The van der Waals surface area contributed by atoms with Crippen molar-refractivity contribution in [3.63, 3.8) is 0 Å². The zero-order valence-electron chi connectivity index (χ0n) is 7.66. The third-order valence-corrected chi connectivity index (χ3v) is 1.67. The van der Waals surface area contributed by atoms with E-state index in [4.69, 9.17) is 5.11 Å². The Kier molecular flexibility index (Phi) is 3.58. The van der Waals surface area contributed by atoms with Crippen LogP contribution >= 0.6 is 0 Å². The lowest BCUT2D eigenvalue weighted by Crippen LogP contribution is -2.02. The van der Waals surface area contributed by atoms with Gasteiger partial charge in [-0.05, 0) is 23.6 Å². The molecule has 1 N–H and O–H groups in total. The average molecular weight is 206 g/mol. The lowest BCUT2D eigenvalue weighted by Gasteiger charge is -1.99. The molecule has 0 saturated heterocycles. The summed E-state index contributed by atoms with van der Waals surface area (Å²) in [4.78, 5) is 20.3. The predicted molar refractivity (Wildman–Crippen MR) is 50.7 cm³/mol. The Hall–Kier alpha value is -2.15. The minimum absolute atomic E-state index is 0.0964. The summed E-state index contributed by atoms with van der Waals surface area (Å²) in [5, 5.41) is 8.46. The fourth-order valence-electron chi connectivity index (χ4n) is 1.04. The van der Waals surface area contributed by atoms with Gasteiger partial charge >= 0.3 is 5.97 Å². The first-order valence-corrected chi connectivity index (χ1v) is 4.09.